The fraction of sp³-hybridized carbons (Fsp3) is 0.562. The van der Waals surface area contributed by atoms with E-state index >= 15 is 0 Å². The van der Waals surface area contributed by atoms with Crippen molar-refractivity contribution in [3.63, 3.8) is 0 Å². The van der Waals surface area contributed by atoms with Gasteiger partial charge in [0, 0.05) is 38.2 Å². The van der Waals surface area contributed by atoms with Crippen molar-refractivity contribution in [2.45, 2.75) is 32.7 Å². The molecule has 0 N–H and O–H groups in total. The van der Waals surface area contributed by atoms with Gasteiger partial charge in [-0.05, 0) is 25.5 Å². The lowest BCUT2D eigenvalue weighted by Gasteiger charge is -2.27. The Bertz CT molecular complexity index is 466. The Kier molecular flexibility index (Phi) is 8.27. The SMILES string of the molecule is CCC(C)N(CCOC)CCC(=O)c1cccc(Cl)c1Cl. The average Bonchev–Trinajstić information content (AvgIpc) is 2.49. The van der Waals surface area contributed by atoms with Gasteiger partial charge < -0.3 is 4.74 Å². The van der Waals surface area contributed by atoms with Crippen molar-refractivity contribution in [1.29, 1.82) is 0 Å². The van der Waals surface area contributed by atoms with Crippen molar-refractivity contribution in [3.8, 4) is 0 Å². The number of nitrogens with zero attached hydrogens (tertiary/aromatic N) is 1. The molecule has 0 aliphatic heterocycles. The standard InChI is InChI=1S/C16H23Cl2NO2/c1-4-12(2)19(10-11-21-3)9-8-15(20)13-6-5-7-14(17)16(13)18/h5-7,12H,4,8-11H2,1-3H3. The Morgan fingerprint density at radius 3 is 2.67 bits per heavy atom. The van der Waals surface area contributed by atoms with Crippen LogP contribution in [0, 0.1) is 0 Å². The first-order valence-electron chi connectivity index (χ1n) is 7.21. The maximum absolute atomic E-state index is 12.3. The van der Waals surface area contributed by atoms with Gasteiger partial charge in [-0.1, -0.05) is 36.2 Å². The quantitative estimate of drug-likeness (QED) is 0.631. The van der Waals surface area contributed by atoms with Gasteiger partial charge in [0.2, 0.25) is 0 Å². The molecule has 0 aliphatic carbocycles. The molecule has 1 aromatic rings. The molecule has 0 aromatic heterocycles. The number of carbonyl (C=O) groups excluding carboxylic acids is 1. The number of hydrogen-bond donors (Lipinski definition) is 0. The second-order valence-corrected chi connectivity index (χ2v) is 5.85. The van der Waals surface area contributed by atoms with Crippen molar-refractivity contribution >= 4 is 29.0 Å². The summed E-state index contributed by atoms with van der Waals surface area (Å²) in [4.78, 5) is 14.6. The van der Waals surface area contributed by atoms with Crippen LogP contribution in [0.15, 0.2) is 18.2 Å². The summed E-state index contributed by atoms with van der Waals surface area (Å²) in [7, 11) is 1.69. The number of hydrogen-bond acceptors (Lipinski definition) is 3. The molecule has 0 saturated carbocycles. The van der Waals surface area contributed by atoms with Crippen molar-refractivity contribution < 1.29 is 9.53 Å². The number of benzene rings is 1. The van der Waals surface area contributed by atoms with Gasteiger partial charge in [0.15, 0.2) is 5.78 Å². The number of ketones is 1. The summed E-state index contributed by atoms with van der Waals surface area (Å²) in [6.45, 7) is 6.48. The van der Waals surface area contributed by atoms with Crippen molar-refractivity contribution in [3.05, 3.63) is 33.8 Å². The van der Waals surface area contributed by atoms with Gasteiger partial charge >= 0.3 is 0 Å². The van der Waals surface area contributed by atoms with Crippen LogP contribution in [0.5, 0.6) is 0 Å². The Balaban J connectivity index is 2.66. The summed E-state index contributed by atoms with van der Waals surface area (Å²) in [6, 6.07) is 5.57. The van der Waals surface area contributed by atoms with E-state index in [1.807, 2.05) is 0 Å². The average molecular weight is 332 g/mol. The third-order valence-corrected chi connectivity index (χ3v) is 4.49. The third-order valence-electron chi connectivity index (χ3n) is 3.67. The van der Waals surface area contributed by atoms with Crippen LogP contribution in [-0.4, -0.2) is 43.5 Å². The molecule has 3 nitrogen and oxygen atoms in total. The van der Waals surface area contributed by atoms with Gasteiger partial charge in [0.25, 0.3) is 0 Å². The highest BCUT2D eigenvalue weighted by atomic mass is 35.5. The molecular weight excluding hydrogens is 309 g/mol. The summed E-state index contributed by atoms with van der Waals surface area (Å²) in [5.74, 6) is 0.0215. The van der Waals surface area contributed by atoms with Gasteiger partial charge in [-0.3, -0.25) is 9.69 Å². The van der Waals surface area contributed by atoms with Crippen LogP contribution in [0.2, 0.25) is 10.0 Å². The Morgan fingerprint density at radius 1 is 1.33 bits per heavy atom. The van der Waals surface area contributed by atoms with Crippen LogP contribution in [-0.2, 0) is 4.74 Å². The Morgan fingerprint density at radius 2 is 2.05 bits per heavy atom. The Hall–Kier alpha value is -0.610. The molecule has 1 unspecified atom stereocenters. The van der Waals surface area contributed by atoms with Crippen LogP contribution < -0.4 is 0 Å². The van der Waals surface area contributed by atoms with E-state index in [0.29, 0.717) is 41.2 Å². The largest absolute Gasteiger partial charge is 0.383 e. The summed E-state index contributed by atoms with van der Waals surface area (Å²) < 4.78 is 5.13. The zero-order valence-corrected chi connectivity index (χ0v) is 14.4. The van der Waals surface area contributed by atoms with E-state index < -0.39 is 0 Å². The summed E-state index contributed by atoms with van der Waals surface area (Å²) >= 11 is 12.0. The lowest BCUT2D eigenvalue weighted by atomic mass is 10.1. The number of ether oxygens (including phenoxy) is 1. The lowest BCUT2D eigenvalue weighted by Crippen LogP contribution is -2.37. The molecule has 0 radical (unpaired) electrons. The molecule has 0 bridgehead atoms. The zero-order chi connectivity index (χ0) is 15.8. The first-order chi connectivity index (χ1) is 10.0. The van der Waals surface area contributed by atoms with Gasteiger partial charge in [0.05, 0.1) is 16.7 Å². The number of Topliss-reactive ketones (excluding diaryl/α,β-unsaturated/α-hetero) is 1. The van der Waals surface area contributed by atoms with Crippen LogP contribution in [0.4, 0.5) is 0 Å². The molecule has 1 atom stereocenters. The van der Waals surface area contributed by atoms with E-state index in [2.05, 4.69) is 18.7 Å². The number of rotatable bonds is 9. The first-order valence-corrected chi connectivity index (χ1v) is 7.97. The molecule has 0 spiro atoms. The molecule has 1 aromatic carbocycles. The molecule has 5 heteroatoms. The molecule has 0 fully saturated rings. The van der Waals surface area contributed by atoms with Crippen LogP contribution >= 0.6 is 23.2 Å². The van der Waals surface area contributed by atoms with Crippen LogP contribution in [0.3, 0.4) is 0 Å². The number of halogens is 2. The number of carbonyl (C=O) groups is 1. The van der Waals surface area contributed by atoms with Crippen molar-refractivity contribution in [2.75, 3.05) is 26.8 Å². The van der Waals surface area contributed by atoms with Gasteiger partial charge in [-0.2, -0.15) is 0 Å². The van der Waals surface area contributed by atoms with Crippen LogP contribution in [0.1, 0.15) is 37.0 Å². The summed E-state index contributed by atoms with van der Waals surface area (Å²) in [5, 5.41) is 0.761. The molecule has 0 saturated heterocycles. The van der Waals surface area contributed by atoms with E-state index in [4.69, 9.17) is 27.9 Å². The Labute approximate surface area is 137 Å². The normalized spacial score (nSPS) is 12.7. The highest BCUT2D eigenvalue weighted by Crippen LogP contribution is 2.26. The van der Waals surface area contributed by atoms with Gasteiger partial charge in [-0.25, -0.2) is 0 Å². The van der Waals surface area contributed by atoms with E-state index in [1.165, 1.54) is 0 Å². The number of methoxy groups -OCH3 is 1. The fourth-order valence-corrected chi connectivity index (χ4v) is 2.52. The molecule has 1 rings (SSSR count). The smallest absolute Gasteiger partial charge is 0.165 e. The maximum Gasteiger partial charge on any atom is 0.165 e. The van der Waals surface area contributed by atoms with E-state index in [-0.39, 0.29) is 5.78 Å². The molecular formula is C16H23Cl2NO2. The van der Waals surface area contributed by atoms with E-state index in [1.54, 1.807) is 25.3 Å². The van der Waals surface area contributed by atoms with Crippen molar-refractivity contribution in [1.82, 2.24) is 4.90 Å². The van der Waals surface area contributed by atoms with Crippen molar-refractivity contribution in [2.24, 2.45) is 0 Å². The minimum absolute atomic E-state index is 0.0215. The van der Waals surface area contributed by atoms with E-state index in [9.17, 15) is 4.79 Å². The monoisotopic (exact) mass is 331 g/mol. The second-order valence-electron chi connectivity index (χ2n) is 5.06. The minimum Gasteiger partial charge on any atom is -0.383 e. The summed E-state index contributed by atoms with van der Waals surface area (Å²) in [5.41, 5.74) is 0.500. The molecule has 0 amide bonds. The molecule has 0 heterocycles. The fourth-order valence-electron chi connectivity index (χ4n) is 2.12. The van der Waals surface area contributed by atoms with Gasteiger partial charge in [-0.15, -0.1) is 0 Å². The highest BCUT2D eigenvalue weighted by molar-refractivity contribution is 6.43. The minimum atomic E-state index is 0.0215. The highest BCUT2D eigenvalue weighted by Gasteiger charge is 2.16. The van der Waals surface area contributed by atoms with Crippen LogP contribution in [0.25, 0.3) is 0 Å². The topological polar surface area (TPSA) is 29.5 Å². The van der Waals surface area contributed by atoms with E-state index in [0.717, 1.165) is 13.0 Å². The molecule has 0 aliphatic rings. The maximum atomic E-state index is 12.3. The summed E-state index contributed by atoms with van der Waals surface area (Å²) in [6.07, 6.45) is 1.46. The predicted molar refractivity (Wildman–Crippen MR) is 88.6 cm³/mol. The lowest BCUT2D eigenvalue weighted by molar-refractivity contribution is 0.0916. The molecule has 21 heavy (non-hydrogen) atoms. The zero-order valence-electron chi connectivity index (χ0n) is 12.9. The molecule has 118 valence electrons. The third kappa shape index (κ3) is 5.59. The first kappa shape index (κ1) is 18.4. The predicted octanol–water partition coefficient (Wildman–Crippen LogP) is 4.31. The van der Waals surface area contributed by atoms with Gasteiger partial charge in [0.1, 0.15) is 0 Å². The second kappa shape index (κ2) is 9.42.